The Morgan fingerprint density at radius 2 is 2.11 bits per heavy atom. The summed E-state index contributed by atoms with van der Waals surface area (Å²) in [5.41, 5.74) is 8.46. The number of ether oxygens (including phenoxy) is 1. The molecule has 2 N–H and O–H groups in total. The zero-order valence-corrected chi connectivity index (χ0v) is 12.5. The van der Waals surface area contributed by atoms with Crippen LogP contribution in [-0.2, 0) is 11.2 Å². The molecule has 19 heavy (non-hydrogen) atoms. The summed E-state index contributed by atoms with van der Waals surface area (Å²) < 4.78 is 5.42. The number of hydrogen-bond donors (Lipinski definition) is 1. The van der Waals surface area contributed by atoms with Crippen molar-refractivity contribution in [2.45, 2.75) is 38.3 Å². The second-order valence-corrected chi connectivity index (χ2v) is 5.81. The summed E-state index contributed by atoms with van der Waals surface area (Å²) in [6.07, 6.45) is 3.42. The van der Waals surface area contributed by atoms with Crippen LogP contribution in [0.4, 0.5) is 5.69 Å². The number of hydrogen-bond acceptors (Lipinski definition) is 3. The molecule has 1 aliphatic rings. The van der Waals surface area contributed by atoms with Gasteiger partial charge in [-0.25, -0.2) is 0 Å². The van der Waals surface area contributed by atoms with Crippen molar-refractivity contribution >= 4 is 17.3 Å². The summed E-state index contributed by atoms with van der Waals surface area (Å²) in [6, 6.07) is 6.27. The molecule has 4 heteroatoms. The summed E-state index contributed by atoms with van der Waals surface area (Å²) in [5.74, 6) is 0. The predicted molar refractivity (Wildman–Crippen MR) is 81.0 cm³/mol. The number of piperidine rings is 1. The van der Waals surface area contributed by atoms with Crippen molar-refractivity contribution in [2.75, 3.05) is 25.1 Å². The molecule has 0 aliphatic carbocycles. The molecule has 1 saturated heterocycles. The topological polar surface area (TPSA) is 38.5 Å². The van der Waals surface area contributed by atoms with E-state index in [1.54, 1.807) is 7.11 Å². The first kappa shape index (κ1) is 14.6. The monoisotopic (exact) mass is 282 g/mol. The third-order valence-electron chi connectivity index (χ3n) is 3.71. The Hall–Kier alpha value is -0.770. The van der Waals surface area contributed by atoms with E-state index in [1.807, 2.05) is 13.0 Å². The number of anilines is 1. The third-order valence-corrected chi connectivity index (χ3v) is 3.94. The van der Waals surface area contributed by atoms with Crippen LogP contribution in [0.25, 0.3) is 0 Å². The molecule has 1 atom stereocenters. The number of halogens is 1. The number of methoxy groups -OCH3 is 1. The van der Waals surface area contributed by atoms with Crippen LogP contribution in [0.3, 0.4) is 0 Å². The van der Waals surface area contributed by atoms with Crippen molar-refractivity contribution in [3.8, 4) is 0 Å². The molecule has 1 unspecified atom stereocenters. The highest BCUT2D eigenvalue weighted by atomic mass is 35.5. The van der Waals surface area contributed by atoms with E-state index in [-0.39, 0.29) is 6.04 Å². The molecule has 0 bridgehead atoms. The Bertz CT molecular complexity index is 415. The lowest BCUT2D eigenvalue weighted by Gasteiger charge is -2.34. The zero-order valence-electron chi connectivity index (χ0n) is 11.7. The van der Waals surface area contributed by atoms with Gasteiger partial charge in [0.2, 0.25) is 0 Å². The van der Waals surface area contributed by atoms with Gasteiger partial charge in [-0.3, -0.25) is 0 Å². The van der Waals surface area contributed by atoms with Crippen LogP contribution in [0, 0.1) is 0 Å². The molecule has 0 amide bonds. The first-order valence-electron chi connectivity index (χ1n) is 6.92. The molecule has 1 aromatic carbocycles. The molecule has 3 nitrogen and oxygen atoms in total. The molecular formula is C15H23ClN2O. The van der Waals surface area contributed by atoms with E-state index < -0.39 is 0 Å². The van der Waals surface area contributed by atoms with E-state index >= 15 is 0 Å². The fraction of sp³-hybridized carbons (Fsp3) is 0.600. The van der Waals surface area contributed by atoms with Gasteiger partial charge in [0.15, 0.2) is 0 Å². The molecule has 0 spiro atoms. The summed E-state index contributed by atoms with van der Waals surface area (Å²) in [6.45, 7) is 4.07. The standard InChI is InChI=1S/C15H23ClN2O/c1-11(17)9-12-3-4-13(16)10-15(12)18-7-5-14(19-2)6-8-18/h3-4,10-11,14H,5-9,17H2,1-2H3. The zero-order chi connectivity index (χ0) is 13.8. The van der Waals surface area contributed by atoms with Gasteiger partial charge < -0.3 is 15.4 Å². The van der Waals surface area contributed by atoms with Gasteiger partial charge in [0.05, 0.1) is 6.10 Å². The van der Waals surface area contributed by atoms with Gasteiger partial charge in [0.25, 0.3) is 0 Å². The van der Waals surface area contributed by atoms with E-state index in [9.17, 15) is 0 Å². The highest BCUT2D eigenvalue weighted by Crippen LogP contribution is 2.28. The van der Waals surface area contributed by atoms with E-state index in [2.05, 4.69) is 17.0 Å². The molecule has 0 saturated carbocycles. The number of nitrogens with two attached hydrogens (primary N) is 1. The first-order chi connectivity index (χ1) is 9.10. The van der Waals surface area contributed by atoms with E-state index in [0.29, 0.717) is 6.10 Å². The van der Waals surface area contributed by atoms with Crippen LogP contribution in [0.15, 0.2) is 18.2 Å². The Balaban J connectivity index is 2.16. The number of rotatable bonds is 4. The fourth-order valence-corrected chi connectivity index (χ4v) is 2.85. The smallest absolute Gasteiger partial charge is 0.0605 e. The normalized spacial score (nSPS) is 18.6. The summed E-state index contributed by atoms with van der Waals surface area (Å²) in [7, 11) is 1.79. The average molecular weight is 283 g/mol. The number of nitrogens with zero attached hydrogens (tertiary/aromatic N) is 1. The van der Waals surface area contributed by atoms with Crippen molar-refractivity contribution in [2.24, 2.45) is 5.73 Å². The molecule has 1 heterocycles. The Morgan fingerprint density at radius 1 is 1.42 bits per heavy atom. The molecule has 1 fully saturated rings. The van der Waals surface area contributed by atoms with Crippen LogP contribution in [0.1, 0.15) is 25.3 Å². The highest BCUT2D eigenvalue weighted by Gasteiger charge is 2.21. The van der Waals surface area contributed by atoms with E-state index in [4.69, 9.17) is 22.1 Å². The Labute approximate surface area is 120 Å². The second kappa shape index (κ2) is 6.60. The molecular weight excluding hydrogens is 260 g/mol. The summed E-state index contributed by atoms with van der Waals surface area (Å²) >= 11 is 6.15. The van der Waals surface area contributed by atoms with Crippen molar-refractivity contribution in [3.63, 3.8) is 0 Å². The maximum atomic E-state index is 6.15. The molecule has 2 rings (SSSR count). The van der Waals surface area contributed by atoms with Crippen molar-refractivity contribution < 1.29 is 4.74 Å². The first-order valence-corrected chi connectivity index (χ1v) is 7.29. The van der Waals surface area contributed by atoms with Gasteiger partial charge in [-0.05, 0) is 43.9 Å². The van der Waals surface area contributed by atoms with Crippen LogP contribution in [0.2, 0.25) is 5.02 Å². The summed E-state index contributed by atoms with van der Waals surface area (Å²) in [5, 5.41) is 0.789. The van der Waals surface area contributed by atoms with Crippen molar-refractivity contribution in [1.82, 2.24) is 0 Å². The van der Waals surface area contributed by atoms with Crippen LogP contribution in [0.5, 0.6) is 0 Å². The van der Waals surface area contributed by atoms with Crippen LogP contribution in [-0.4, -0.2) is 32.3 Å². The van der Waals surface area contributed by atoms with E-state index in [1.165, 1.54) is 11.3 Å². The lowest BCUT2D eigenvalue weighted by molar-refractivity contribution is 0.0819. The number of benzene rings is 1. The van der Waals surface area contributed by atoms with Gasteiger partial charge in [-0.1, -0.05) is 17.7 Å². The molecule has 0 radical (unpaired) electrons. The van der Waals surface area contributed by atoms with Crippen molar-refractivity contribution in [3.05, 3.63) is 28.8 Å². The largest absolute Gasteiger partial charge is 0.381 e. The Morgan fingerprint density at radius 3 is 2.68 bits per heavy atom. The summed E-state index contributed by atoms with van der Waals surface area (Å²) in [4.78, 5) is 2.40. The minimum Gasteiger partial charge on any atom is -0.381 e. The van der Waals surface area contributed by atoms with Crippen molar-refractivity contribution in [1.29, 1.82) is 0 Å². The lowest BCUT2D eigenvalue weighted by atomic mass is 10.0. The van der Waals surface area contributed by atoms with Gasteiger partial charge in [0.1, 0.15) is 0 Å². The van der Waals surface area contributed by atoms with Gasteiger partial charge in [-0.2, -0.15) is 0 Å². The van der Waals surface area contributed by atoms with Crippen LogP contribution >= 0.6 is 11.6 Å². The second-order valence-electron chi connectivity index (χ2n) is 5.38. The maximum Gasteiger partial charge on any atom is 0.0605 e. The molecule has 0 aromatic heterocycles. The SMILES string of the molecule is COC1CCN(c2cc(Cl)ccc2CC(C)N)CC1. The molecule has 1 aliphatic heterocycles. The predicted octanol–water partition coefficient (Wildman–Crippen LogP) is 2.84. The highest BCUT2D eigenvalue weighted by molar-refractivity contribution is 6.30. The van der Waals surface area contributed by atoms with Gasteiger partial charge in [-0.15, -0.1) is 0 Å². The van der Waals surface area contributed by atoms with Crippen LogP contribution < -0.4 is 10.6 Å². The maximum absolute atomic E-state index is 6.15. The minimum atomic E-state index is 0.163. The quantitative estimate of drug-likeness (QED) is 0.923. The Kier molecular flexibility index (Phi) is 5.08. The van der Waals surface area contributed by atoms with Gasteiger partial charge in [0, 0.05) is 37.0 Å². The molecule has 106 valence electrons. The molecule has 1 aromatic rings. The minimum absolute atomic E-state index is 0.163. The average Bonchev–Trinajstić information content (AvgIpc) is 2.40. The fourth-order valence-electron chi connectivity index (χ4n) is 2.68. The van der Waals surface area contributed by atoms with E-state index in [0.717, 1.165) is 37.4 Å². The van der Waals surface area contributed by atoms with Gasteiger partial charge >= 0.3 is 0 Å². The lowest BCUT2D eigenvalue weighted by Crippen LogP contribution is -2.37. The third kappa shape index (κ3) is 3.85.